The summed E-state index contributed by atoms with van der Waals surface area (Å²) >= 11 is 7.33. The molecule has 0 radical (unpaired) electrons. The Morgan fingerprint density at radius 3 is 2.62 bits per heavy atom. The molecule has 1 amide bonds. The molecule has 0 bridgehead atoms. The van der Waals surface area contributed by atoms with E-state index < -0.39 is 0 Å². The Balaban J connectivity index is 1.50. The lowest BCUT2D eigenvalue weighted by atomic mass is 10.2. The number of halogens is 1. The second kappa shape index (κ2) is 7.90. The molecule has 0 unspecified atom stereocenters. The number of rotatable bonds is 5. The Labute approximate surface area is 175 Å². The third-order valence-corrected chi connectivity index (χ3v) is 5.32. The molecule has 146 valence electrons. The van der Waals surface area contributed by atoms with Crippen LogP contribution in [0.2, 0.25) is 5.02 Å². The van der Waals surface area contributed by atoms with E-state index in [1.165, 1.54) is 17.7 Å². The molecule has 4 rings (SSSR count). The van der Waals surface area contributed by atoms with Crippen LogP contribution in [0.3, 0.4) is 0 Å². The first kappa shape index (κ1) is 18.9. The van der Waals surface area contributed by atoms with Crippen LogP contribution in [0.25, 0.3) is 10.2 Å². The molecule has 0 fully saturated rings. The maximum atomic E-state index is 12.2. The summed E-state index contributed by atoms with van der Waals surface area (Å²) in [5.41, 5.74) is 14.1. The van der Waals surface area contributed by atoms with Crippen molar-refractivity contribution in [3.63, 3.8) is 0 Å². The standard InChI is InChI=1S/C19H16ClN7OS/c1-10-3-2-4-13-15(10)24-19(29-13)25-16-14(21)17(23-9-22-16)26-27-18(28)11-5-7-12(20)8-6-11/h2-9H,21H2,1H3,(H,27,28)(H2,22,23,24,25,26). The molecular formula is C19H16ClN7OS. The number of benzene rings is 2. The van der Waals surface area contributed by atoms with Gasteiger partial charge in [0.15, 0.2) is 16.8 Å². The number of nitrogen functional groups attached to an aromatic ring is 1. The third kappa shape index (κ3) is 4.05. The Hall–Kier alpha value is -3.43. The summed E-state index contributed by atoms with van der Waals surface area (Å²) in [6.07, 6.45) is 1.34. The van der Waals surface area contributed by atoms with Crippen molar-refractivity contribution in [2.75, 3.05) is 16.5 Å². The van der Waals surface area contributed by atoms with Crippen LogP contribution in [0.15, 0.2) is 48.8 Å². The molecule has 0 saturated heterocycles. The lowest BCUT2D eigenvalue weighted by Gasteiger charge is -2.12. The summed E-state index contributed by atoms with van der Waals surface area (Å²) < 4.78 is 1.06. The highest BCUT2D eigenvalue weighted by atomic mass is 35.5. The fraction of sp³-hybridized carbons (Fsp3) is 0.0526. The zero-order valence-electron chi connectivity index (χ0n) is 15.2. The number of para-hydroxylation sites is 1. The topological polar surface area (TPSA) is 118 Å². The van der Waals surface area contributed by atoms with Gasteiger partial charge in [0.05, 0.1) is 10.2 Å². The minimum Gasteiger partial charge on any atom is -0.393 e. The summed E-state index contributed by atoms with van der Waals surface area (Å²) in [6.45, 7) is 2.01. The quantitative estimate of drug-likeness (QED) is 0.355. The van der Waals surface area contributed by atoms with Crippen molar-refractivity contribution in [2.24, 2.45) is 0 Å². The summed E-state index contributed by atoms with van der Waals surface area (Å²) in [5.74, 6) is 0.304. The number of thiazole rings is 1. The summed E-state index contributed by atoms with van der Waals surface area (Å²) in [7, 11) is 0. The minimum atomic E-state index is -0.351. The Kier molecular flexibility index (Phi) is 5.15. The van der Waals surface area contributed by atoms with Gasteiger partial charge in [0.1, 0.15) is 12.0 Å². The van der Waals surface area contributed by atoms with Gasteiger partial charge in [-0.25, -0.2) is 15.0 Å². The maximum absolute atomic E-state index is 12.2. The number of hydrogen-bond donors (Lipinski definition) is 4. The summed E-state index contributed by atoms with van der Waals surface area (Å²) in [5, 5.41) is 4.33. The number of fused-ring (bicyclic) bond motifs is 1. The van der Waals surface area contributed by atoms with E-state index in [9.17, 15) is 4.79 Å². The number of aromatic nitrogens is 3. The van der Waals surface area contributed by atoms with Gasteiger partial charge in [0.2, 0.25) is 0 Å². The van der Waals surface area contributed by atoms with Crippen molar-refractivity contribution in [2.45, 2.75) is 6.92 Å². The van der Waals surface area contributed by atoms with E-state index in [2.05, 4.69) is 31.1 Å². The minimum absolute atomic E-state index is 0.250. The SMILES string of the molecule is Cc1cccc2sc(Nc3ncnc(NNC(=O)c4ccc(Cl)cc4)c3N)nc12. The molecule has 0 atom stereocenters. The van der Waals surface area contributed by atoms with Crippen molar-refractivity contribution in [3.05, 3.63) is 64.9 Å². The zero-order valence-corrected chi connectivity index (χ0v) is 16.8. The molecule has 2 aromatic carbocycles. The fourth-order valence-electron chi connectivity index (χ4n) is 2.63. The van der Waals surface area contributed by atoms with Gasteiger partial charge in [-0.15, -0.1) is 0 Å². The van der Waals surface area contributed by atoms with Gasteiger partial charge in [0, 0.05) is 10.6 Å². The summed E-state index contributed by atoms with van der Waals surface area (Å²) in [4.78, 5) is 25.1. The second-order valence-electron chi connectivity index (χ2n) is 6.14. The first-order valence-electron chi connectivity index (χ1n) is 8.57. The van der Waals surface area contributed by atoms with Gasteiger partial charge in [-0.05, 0) is 42.8 Å². The van der Waals surface area contributed by atoms with Crippen LogP contribution in [-0.4, -0.2) is 20.9 Å². The molecule has 0 spiro atoms. The van der Waals surface area contributed by atoms with E-state index in [4.69, 9.17) is 17.3 Å². The maximum Gasteiger partial charge on any atom is 0.269 e. The highest BCUT2D eigenvalue weighted by Gasteiger charge is 2.13. The van der Waals surface area contributed by atoms with Crippen molar-refractivity contribution in [1.82, 2.24) is 20.4 Å². The fourth-order valence-corrected chi connectivity index (χ4v) is 3.69. The van der Waals surface area contributed by atoms with Gasteiger partial charge in [-0.2, -0.15) is 0 Å². The molecule has 10 heteroatoms. The van der Waals surface area contributed by atoms with Crippen LogP contribution in [-0.2, 0) is 0 Å². The van der Waals surface area contributed by atoms with Crippen LogP contribution in [0, 0.1) is 6.92 Å². The molecular weight excluding hydrogens is 410 g/mol. The highest BCUT2D eigenvalue weighted by molar-refractivity contribution is 7.22. The van der Waals surface area contributed by atoms with Crippen molar-refractivity contribution in [3.8, 4) is 0 Å². The monoisotopic (exact) mass is 425 g/mol. The molecule has 8 nitrogen and oxygen atoms in total. The van der Waals surface area contributed by atoms with E-state index in [0.717, 1.165) is 15.8 Å². The number of hydrogen-bond acceptors (Lipinski definition) is 8. The number of amides is 1. The van der Waals surface area contributed by atoms with E-state index in [0.29, 0.717) is 21.5 Å². The number of nitrogens with one attached hydrogen (secondary N) is 3. The van der Waals surface area contributed by atoms with Gasteiger partial charge in [0.25, 0.3) is 5.91 Å². The second-order valence-corrected chi connectivity index (χ2v) is 7.60. The van der Waals surface area contributed by atoms with Gasteiger partial charge in [-0.1, -0.05) is 35.1 Å². The Morgan fingerprint density at radius 1 is 1.10 bits per heavy atom. The lowest BCUT2D eigenvalue weighted by molar-refractivity contribution is 0.0962. The van der Waals surface area contributed by atoms with Gasteiger partial charge < -0.3 is 11.1 Å². The van der Waals surface area contributed by atoms with Crippen molar-refractivity contribution >= 4 is 61.5 Å². The number of hydrazine groups is 1. The predicted octanol–water partition coefficient (Wildman–Crippen LogP) is 4.13. The van der Waals surface area contributed by atoms with Crippen LogP contribution < -0.4 is 21.9 Å². The van der Waals surface area contributed by atoms with E-state index >= 15 is 0 Å². The first-order valence-corrected chi connectivity index (χ1v) is 9.76. The van der Waals surface area contributed by atoms with Gasteiger partial charge >= 0.3 is 0 Å². The molecule has 0 aliphatic carbocycles. The van der Waals surface area contributed by atoms with Crippen LogP contribution in [0.1, 0.15) is 15.9 Å². The lowest BCUT2D eigenvalue weighted by Crippen LogP contribution is -2.30. The van der Waals surface area contributed by atoms with E-state index in [-0.39, 0.29) is 17.4 Å². The molecule has 29 heavy (non-hydrogen) atoms. The number of carbonyl (C=O) groups is 1. The number of anilines is 4. The molecule has 0 aliphatic heterocycles. The molecule has 0 saturated carbocycles. The third-order valence-electron chi connectivity index (χ3n) is 4.13. The average Bonchev–Trinajstić information content (AvgIpc) is 3.13. The normalized spacial score (nSPS) is 10.7. The number of carbonyl (C=O) groups excluding carboxylic acids is 1. The predicted molar refractivity (Wildman–Crippen MR) is 117 cm³/mol. The molecule has 2 heterocycles. The largest absolute Gasteiger partial charge is 0.393 e. The molecule has 2 aromatic heterocycles. The molecule has 4 aromatic rings. The van der Waals surface area contributed by atoms with E-state index in [1.54, 1.807) is 24.3 Å². The summed E-state index contributed by atoms with van der Waals surface area (Å²) in [6, 6.07) is 12.5. The molecule has 5 N–H and O–H groups in total. The number of nitrogens with zero attached hydrogens (tertiary/aromatic N) is 3. The van der Waals surface area contributed by atoms with E-state index in [1.807, 2.05) is 25.1 Å². The smallest absolute Gasteiger partial charge is 0.269 e. The van der Waals surface area contributed by atoms with Crippen LogP contribution >= 0.6 is 22.9 Å². The number of nitrogens with two attached hydrogens (primary N) is 1. The van der Waals surface area contributed by atoms with Crippen molar-refractivity contribution in [1.29, 1.82) is 0 Å². The highest BCUT2D eigenvalue weighted by Crippen LogP contribution is 2.32. The molecule has 0 aliphatic rings. The first-order chi connectivity index (χ1) is 14.0. The van der Waals surface area contributed by atoms with Crippen molar-refractivity contribution < 1.29 is 4.79 Å². The van der Waals surface area contributed by atoms with Gasteiger partial charge in [-0.3, -0.25) is 15.6 Å². The van der Waals surface area contributed by atoms with Crippen LogP contribution in [0.5, 0.6) is 0 Å². The number of aryl methyl sites for hydroxylation is 1. The van der Waals surface area contributed by atoms with Crippen LogP contribution in [0.4, 0.5) is 22.5 Å². The zero-order chi connectivity index (χ0) is 20.4. The Bertz CT molecular complexity index is 1190. The average molecular weight is 426 g/mol. The Morgan fingerprint density at radius 2 is 1.86 bits per heavy atom.